The third-order valence-corrected chi connectivity index (χ3v) is 7.95. The molecule has 32 heavy (non-hydrogen) atoms. The Bertz CT molecular complexity index is 677. The number of hydrogen-bond acceptors (Lipinski definition) is 2. The molecule has 0 aromatic heterocycles. The molecule has 2 fully saturated rings. The van der Waals surface area contributed by atoms with E-state index in [1.54, 1.807) is 6.08 Å². The Morgan fingerprint density at radius 3 is 2.06 bits per heavy atom. The Morgan fingerprint density at radius 2 is 1.47 bits per heavy atom. The van der Waals surface area contributed by atoms with E-state index in [4.69, 9.17) is 9.84 Å². The highest BCUT2D eigenvalue weighted by Crippen LogP contribution is 2.42. The Kier molecular flexibility index (Phi) is 10.6. The topological polar surface area (TPSA) is 46.5 Å². The largest absolute Gasteiger partial charge is 0.493 e. The third kappa shape index (κ3) is 8.64. The molecule has 0 unspecified atom stereocenters. The predicted octanol–water partition coefficient (Wildman–Crippen LogP) is 8.14. The minimum atomic E-state index is -0.924. The van der Waals surface area contributed by atoms with Crippen LogP contribution in [0.4, 0.5) is 0 Å². The maximum Gasteiger partial charge on any atom is 0.328 e. The second kappa shape index (κ2) is 13.7. The lowest BCUT2D eigenvalue weighted by atomic mass is 9.69. The van der Waals surface area contributed by atoms with Gasteiger partial charge in [0.05, 0.1) is 6.61 Å². The fourth-order valence-electron chi connectivity index (χ4n) is 5.87. The quantitative estimate of drug-likeness (QED) is 0.263. The summed E-state index contributed by atoms with van der Waals surface area (Å²) >= 11 is 0. The van der Waals surface area contributed by atoms with Crippen molar-refractivity contribution < 1.29 is 14.6 Å². The van der Waals surface area contributed by atoms with Crippen molar-refractivity contribution in [2.75, 3.05) is 6.61 Å². The Hall–Kier alpha value is -1.77. The second-order valence-corrected chi connectivity index (χ2v) is 10.3. The molecular formula is C29H44O3. The molecule has 0 saturated heterocycles. The predicted molar refractivity (Wildman–Crippen MR) is 133 cm³/mol. The van der Waals surface area contributed by atoms with Gasteiger partial charge in [0, 0.05) is 6.08 Å². The molecule has 0 spiro atoms. The number of aliphatic carboxylic acids is 1. The summed E-state index contributed by atoms with van der Waals surface area (Å²) in [6.07, 6.45) is 22.7. The van der Waals surface area contributed by atoms with Crippen molar-refractivity contribution in [3.05, 3.63) is 35.9 Å². The number of benzene rings is 1. The molecule has 0 heterocycles. The van der Waals surface area contributed by atoms with Gasteiger partial charge < -0.3 is 9.84 Å². The SMILES string of the molecule is CCCCCCCC1CCC(C2CCC(COc3ccc(/C=C/C(=O)O)cc3)CC2)CC1. The average Bonchev–Trinajstić information content (AvgIpc) is 2.83. The zero-order chi connectivity index (χ0) is 22.6. The molecule has 1 N–H and O–H groups in total. The van der Waals surface area contributed by atoms with E-state index in [1.165, 1.54) is 89.9 Å². The van der Waals surface area contributed by atoms with Crippen LogP contribution in [0.15, 0.2) is 30.3 Å². The molecule has 2 aliphatic rings. The molecule has 0 amide bonds. The van der Waals surface area contributed by atoms with E-state index >= 15 is 0 Å². The van der Waals surface area contributed by atoms with Crippen LogP contribution >= 0.6 is 0 Å². The molecule has 0 aliphatic heterocycles. The van der Waals surface area contributed by atoms with Gasteiger partial charge in [-0.15, -0.1) is 0 Å². The lowest BCUT2D eigenvalue weighted by molar-refractivity contribution is -0.131. The maximum absolute atomic E-state index is 10.6. The van der Waals surface area contributed by atoms with Crippen LogP contribution in [0.5, 0.6) is 5.75 Å². The van der Waals surface area contributed by atoms with Crippen LogP contribution in [0, 0.1) is 23.7 Å². The summed E-state index contributed by atoms with van der Waals surface area (Å²) in [5, 5.41) is 8.71. The lowest BCUT2D eigenvalue weighted by Gasteiger charge is -2.38. The second-order valence-electron chi connectivity index (χ2n) is 10.3. The van der Waals surface area contributed by atoms with Crippen molar-refractivity contribution in [2.45, 2.75) is 96.8 Å². The number of hydrogen-bond donors (Lipinski definition) is 1. The molecule has 3 heteroatoms. The van der Waals surface area contributed by atoms with Gasteiger partial charge in [-0.3, -0.25) is 0 Å². The zero-order valence-electron chi connectivity index (χ0n) is 20.1. The van der Waals surface area contributed by atoms with Crippen molar-refractivity contribution in [2.24, 2.45) is 23.7 Å². The summed E-state index contributed by atoms with van der Waals surface area (Å²) in [5.74, 6) is 3.59. The number of rotatable bonds is 12. The summed E-state index contributed by atoms with van der Waals surface area (Å²) in [4.78, 5) is 10.6. The highest BCUT2D eigenvalue weighted by molar-refractivity contribution is 5.85. The number of unbranched alkanes of at least 4 members (excludes halogenated alkanes) is 4. The van der Waals surface area contributed by atoms with Gasteiger partial charge in [0.2, 0.25) is 0 Å². The van der Waals surface area contributed by atoms with Crippen molar-refractivity contribution in [3.8, 4) is 5.75 Å². The smallest absolute Gasteiger partial charge is 0.328 e. The van der Waals surface area contributed by atoms with Gasteiger partial charge in [-0.25, -0.2) is 4.79 Å². The molecule has 1 aromatic carbocycles. The van der Waals surface area contributed by atoms with Gasteiger partial charge in [0.15, 0.2) is 0 Å². The lowest BCUT2D eigenvalue weighted by Crippen LogP contribution is -2.27. The van der Waals surface area contributed by atoms with Gasteiger partial charge in [0.25, 0.3) is 0 Å². The number of carboxylic acid groups (broad SMARTS) is 1. The fourth-order valence-corrected chi connectivity index (χ4v) is 5.87. The monoisotopic (exact) mass is 440 g/mol. The van der Waals surface area contributed by atoms with E-state index in [0.717, 1.165) is 41.7 Å². The molecule has 0 bridgehead atoms. The van der Waals surface area contributed by atoms with Gasteiger partial charge in [-0.2, -0.15) is 0 Å². The molecular weight excluding hydrogens is 396 g/mol. The first-order valence-electron chi connectivity index (χ1n) is 13.3. The molecule has 0 radical (unpaired) electrons. The summed E-state index contributed by atoms with van der Waals surface area (Å²) in [5.41, 5.74) is 0.881. The molecule has 1 aromatic rings. The van der Waals surface area contributed by atoms with E-state index in [1.807, 2.05) is 24.3 Å². The third-order valence-electron chi connectivity index (χ3n) is 7.95. The Labute approximate surface area is 195 Å². The van der Waals surface area contributed by atoms with Crippen LogP contribution in [0.2, 0.25) is 0 Å². The van der Waals surface area contributed by atoms with E-state index in [-0.39, 0.29) is 0 Å². The molecule has 0 atom stereocenters. The zero-order valence-corrected chi connectivity index (χ0v) is 20.1. The van der Waals surface area contributed by atoms with Crippen molar-refractivity contribution in [1.82, 2.24) is 0 Å². The Morgan fingerprint density at radius 1 is 0.875 bits per heavy atom. The van der Waals surface area contributed by atoms with Crippen molar-refractivity contribution in [1.29, 1.82) is 0 Å². The first-order valence-corrected chi connectivity index (χ1v) is 13.3. The van der Waals surface area contributed by atoms with Crippen LogP contribution in [0.25, 0.3) is 6.08 Å². The van der Waals surface area contributed by atoms with Crippen LogP contribution in [-0.4, -0.2) is 17.7 Å². The van der Waals surface area contributed by atoms with Crippen molar-refractivity contribution in [3.63, 3.8) is 0 Å². The Balaban J connectivity index is 1.29. The minimum absolute atomic E-state index is 0.678. The van der Waals surface area contributed by atoms with Gasteiger partial charge in [-0.1, -0.05) is 70.4 Å². The number of carbonyl (C=O) groups is 1. The van der Waals surface area contributed by atoms with E-state index in [2.05, 4.69) is 6.92 Å². The molecule has 3 rings (SSSR count). The van der Waals surface area contributed by atoms with Crippen LogP contribution in [-0.2, 0) is 4.79 Å². The van der Waals surface area contributed by atoms with E-state index < -0.39 is 5.97 Å². The first kappa shape index (κ1) is 24.9. The van der Waals surface area contributed by atoms with Gasteiger partial charge >= 0.3 is 5.97 Å². The van der Waals surface area contributed by atoms with Gasteiger partial charge in [-0.05, 0) is 86.0 Å². The fraction of sp³-hybridized carbons (Fsp3) is 0.690. The number of carboxylic acids is 1. The van der Waals surface area contributed by atoms with E-state index in [0.29, 0.717) is 5.92 Å². The first-order chi connectivity index (χ1) is 15.6. The van der Waals surface area contributed by atoms with Crippen LogP contribution in [0.3, 0.4) is 0 Å². The van der Waals surface area contributed by atoms with E-state index in [9.17, 15) is 4.79 Å². The van der Waals surface area contributed by atoms with Crippen molar-refractivity contribution >= 4 is 12.0 Å². The summed E-state index contributed by atoms with van der Waals surface area (Å²) in [6, 6.07) is 7.70. The minimum Gasteiger partial charge on any atom is -0.493 e. The standard InChI is InChI=1S/C29H44O3/c1-2-3-4-5-6-7-23-8-15-26(16-9-23)27-17-10-25(11-18-27)22-32-28-19-12-24(13-20-28)14-21-29(30)31/h12-14,19-21,23,25-27H,2-11,15-18,22H2,1H3,(H,30,31)/b21-14+. The summed E-state index contributed by atoms with van der Waals surface area (Å²) < 4.78 is 6.04. The maximum atomic E-state index is 10.6. The van der Waals surface area contributed by atoms with Gasteiger partial charge in [0.1, 0.15) is 5.75 Å². The summed E-state index contributed by atoms with van der Waals surface area (Å²) in [6.45, 7) is 3.10. The molecule has 2 saturated carbocycles. The average molecular weight is 441 g/mol. The van der Waals surface area contributed by atoms with Crippen LogP contribution < -0.4 is 4.74 Å². The number of ether oxygens (including phenoxy) is 1. The summed E-state index contributed by atoms with van der Waals surface area (Å²) in [7, 11) is 0. The normalized spacial score (nSPS) is 26.3. The highest BCUT2D eigenvalue weighted by atomic mass is 16.5. The molecule has 178 valence electrons. The van der Waals surface area contributed by atoms with Crippen LogP contribution in [0.1, 0.15) is 102 Å². The molecule has 2 aliphatic carbocycles. The molecule has 3 nitrogen and oxygen atoms in total. The highest BCUT2D eigenvalue weighted by Gasteiger charge is 2.30.